The number of carbonyl (C=O) groups is 1. The average Bonchev–Trinajstić information content (AvgIpc) is 3.07. The number of carbonyl (C=O) groups excluding carboxylic acids is 1. The van der Waals surface area contributed by atoms with Crippen LogP contribution in [0.2, 0.25) is 0 Å². The highest BCUT2D eigenvalue weighted by atomic mass is 16.6. The number of hydrogen-bond donors (Lipinski definition) is 1. The Morgan fingerprint density at radius 3 is 2.48 bits per heavy atom. The predicted molar refractivity (Wildman–Crippen MR) is 89.2 cm³/mol. The second-order valence-corrected chi connectivity index (χ2v) is 7.10. The lowest BCUT2D eigenvalue weighted by molar-refractivity contribution is -0.0210. The molecule has 1 saturated carbocycles. The van der Waals surface area contributed by atoms with Gasteiger partial charge >= 0.3 is 6.09 Å². The van der Waals surface area contributed by atoms with Crippen molar-refractivity contribution in [2.45, 2.75) is 50.5 Å². The van der Waals surface area contributed by atoms with E-state index in [0.717, 1.165) is 5.56 Å². The van der Waals surface area contributed by atoms with E-state index in [1.807, 2.05) is 30.3 Å². The summed E-state index contributed by atoms with van der Waals surface area (Å²) in [4.78, 5) is 13.9. The fraction of sp³-hybridized carbons (Fsp3) is 0.632. The zero-order valence-electron chi connectivity index (χ0n) is 13.7. The van der Waals surface area contributed by atoms with Crippen LogP contribution in [0, 0.1) is 5.92 Å². The lowest BCUT2D eigenvalue weighted by atomic mass is 9.85. The molecule has 1 heterocycles. The average molecular weight is 317 g/mol. The normalized spacial score (nSPS) is 21.3. The first-order valence-corrected chi connectivity index (χ1v) is 8.83. The van der Waals surface area contributed by atoms with E-state index in [2.05, 4.69) is 0 Å². The summed E-state index contributed by atoms with van der Waals surface area (Å²) in [5.74, 6) is 0.554. The van der Waals surface area contributed by atoms with Gasteiger partial charge in [-0.2, -0.15) is 0 Å². The zero-order chi connectivity index (χ0) is 16.1. The van der Waals surface area contributed by atoms with E-state index >= 15 is 0 Å². The van der Waals surface area contributed by atoms with E-state index in [4.69, 9.17) is 4.74 Å². The molecule has 4 nitrogen and oxygen atoms in total. The van der Waals surface area contributed by atoms with Crippen LogP contribution in [0.15, 0.2) is 30.3 Å². The Balaban J connectivity index is 1.44. The molecule has 0 bridgehead atoms. The van der Waals surface area contributed by atoms with E-state index in [1.165, 1.54) is 25.7 Å². The van der Waals surface area contributed by atoms with Crippen molar-refractivity contribution >= 4 is 6.09 Å². The molecule has 126 valence electrons. The fourth-order valence-electron chi connectivity index (χ4n) is 3.72. The third-order valence-electron chi connectivity index (χ3n) is 5.25. The minimum atomic E-state index is -0.705. The number of aliphatic hydroxyl groups is 1. The topological polar surface area (TPSA) is 49.8 Å². The van der Waals surface area contributed by atoms with Gasteiger partial charge < -0.3 is 14.7 Å². The molecule has 1 saturated heterocycles. The summed E-state index contributed by atoms with van der Waals surface area (Å²) in [5.41, 5.74) is 0.441. The van der Waals surface area contributed by atoms with Crippen LogP contribution in [0.3, 0.4) is 0 Å². The maximum absolute atomic E-state index is 12.1. The molecule has 23 heavy (non-hydrogen) atoms. The van der Waals surface area contributed by atoms with Gasteiger partial charge in [-0.05, 0) is 37.2 Å². The molecule has 1 aliphatic heterocycles. The summed E-state index contributed by atoms with van der Waals surface area (Å²) >= 11 is 0. The Bertz CT molecular complexity index is 503. The van der Waals surface area contributed by atoms with Gasteiger partial charge in [0.1, 0.15) is 0 Å². The third kappa shape index (κ3) is 4.47. The van der Waals surface area contributed by atoms with Crippen LogP contribution in [0.1, 0.15) is 44.1 Å². The molecule has 1 aromatic rings. The van der Waals surface area contributed by atoms with Gasteiger partial charge in [-0.25, -0.2) is 4.79 Å². The first kappa shape index (κ1) is 16.3. The molecule has 2 aliphatic rings. The summed E-state index contributed by atoms with van der Waals surface area (Å²) in [7, 11) is 0. The fourth-order valence-corrected chi connectivity index (χ4v) is 3.72. The predicted octanol–water partition coefficient (Wildman–Crippen LogP) is 3.38. The Hall–Kier alpha value is -1.55. The lowest BCUT2D eigenvalue weighted by Crippen LogP contribution is -2.48. The molecule has 4 heteroatoms. The quantitative estimate of drug-likeness (QED) is 0.926. The van der Waals surface area contributed by atoms with Crippen molar-refractivity contribution in [1.29, 1.82) is 0 Å². The zero-order valence-corrected chi connectivity index (χ0v) is 13.7. The van der Waals surface area contributed by atoms with Crippen molar-refractivity contribution in [3.05, 3.63) is 35.9 Å². The van der Waals surface area contributed by atoms with Gasteiger partial charge in [-0.1, -0.05) is 43.2 Å². The van der Waals surface area contributed by atoms with Crippen molar-refractivity contribution in [2.24, 2.45) is 5.92 Å². The van der Waals surface area contributed by atoms with Crippen molar-refractivity contribution in [2.75, 3.05) is 19.7 Å². The molecule has 3 rings (SSSR count). The maximum atomic E-state index is 12.1. The van der Waals surface area contributed by atoms with E-state index < -0.39 is 5.60 Å². The third-order valence-corrected chi connectivity index (χ3v) is 5.25. The van der Waals surface area contributed by atoms with Gasteiger partial charge in [0.25, 0.3) is 0 Å². The summed E-state index contributed by atoms with van der Waals surface area (Å²) in [6, 6.07) is 10.1. The van der Waals surface area contributed by atoms with E-state index in [-0.39, 0.29) is 6.09 Å². The number of hydrogen-bond acceptors (Lipinski definition) is 3. The molecule has 0 aromatic heterocycles. The largest absolute Gasteiger partial charge is 0.449 e. The SMILES string of the molecule is O=C(OCC1CCCC1)N1CCC(O)(Cc2ccccc2)CC1. The maximum Gasteiger partial charge on any atom is 0.409 e. The smallest absolute Gasteiger partial charge is 0.409 e. The van der Waals surface area contributed by atoms with Crippen LogP contribution in [-0.2, 0) is 11.2 Å². The number of piperidine rings is 1. The van der Waals surface area contributed by atoms with Gasteiger partial charge in [0, 0.05) is 19.5 Å². The van der Waals surface area contributed by atoms with Crippen LogP contribution in [-0.4, -0.2) is 41.4 Å². The van der Waals surface area contributed by atoms with Crippen LogP contribution in [0.25, 0.3) is 0 Å². The summed E-state index contributed by atoms with van der Waals surface area (Å²) < 4.78 is 5.46. The molecular weight excluding hydrogens is 290 g/mol. The number of likely N-dealkylation sites (tertiary alicyclic amines) is 1. The first-order valence-electron chi connectivity index (χ1n) is 8.83. The minimum absolute atomic E-state index is 0.210. The highest BCUT2D eigenvalue weighted by Gasteiger charge is 2.34. The van der Waals surface area contributed by atoms with Crippen molar-refractivity contribution in [1.82, 2.24) is 4.90 Å². The van der Waals surface area contributed by atoms with E-state index in [0.29, 0.717) is 44.9 Å². The van der Waals surface area contributed by atoms with Gasteiger partial charge in [0.2, 0.25) is 0 Å². The van der Waals surface area contributed by atoms with Gasteiger partial charge in [-0.3, -0.25) is 0 Å². The Morgan fingerprint density at radius 2 is 1.83 bits per heavy atom. The Kier molecular flexibility index (Phi) is 5.21. The molecule has 1 amide bonds. The van der Waals surface area contributed by atoms with Gasteiger partial charge in [0.05, 0.1) is 12.2 Å². The molecule has 1 aliphatic carbocycles. The second-order valence-electron chi connectivity index (χ2n) is 7.10. The molecule has 2 fully saturated rings. The molecule has 0 radical (unpaired) electrons. The minimum Gasteiger partial charge on any atom is -0.449 e. The molecular formula is C19H27NO3. The monoisotopic (exact) mass is 317 g/mol. The summed E-state index contributed by atoms with van der Waals surface area (Å²) in [6.07, 6.45) is 6.56. The van der Waals surface area contributed by atoms with Crippen molar-refractivity contribution in [3.63, 3.8) is 0 Å². The van der Waals surface area contributed by atoms with Crippen LogP contribution < -0.4 is 0 Å². The number of ether oxygens (including phenoxy) is 1. The summed E-state index contributed by atoms with van der Waals surface area (Å²) in [5, 5.41) is 10.7. The molecule has 1 N–H and O–H groups in total. The lowest BCUT2D eigenvalue weighted by Gasteiger charge is -2.38. The second kappa shape index (κ2) is 7.35. The van der Waals surface area contributed by atoms with Crippen molar-refractivity contribution < 1.29 is 14.6 Å². The van der Waals surface area contributed by atoms with Crippen LogP contribution >= 0.6 is 0 Å². The number of benzene rings is 1. The van der Waals surface area contributed by atoms with Crippen LogP contribution in [0.5, 0.6) is 0 Å². The van der Waals surface area contributed by atoms with E-state index in [1.54, 1.807) is 4.90 Å². The molecule has 0 unspecified atom stereocenters. The van der Waals surface area contributed by atoms with Crippen LogP contribution in [0.4, 0.5) is 4.79 Å². The number of amides is 1. The highest BCUT2D eigenvalue weighted by molar-refractivity contribution is 5.67. The standard InChI is InChI=1S/C19H27NO3/c21-18(23-15-17-8-4-5-9-17)20-12-10-19(22,11-13-20)14-16-6-2-1-3-7-16/h1-3,6-7,17,22H,4-5,8-15H2. The molecule has 0 spiro atoms. The van der Waals surface area contributed by atoms with Gasteiger partial charge in [-0.15, -0.1) is 0 Å². The number of rotatable bonds is 4. The van der Waals surface area contributed by atoms with Gasteiger partial charge in [0.15, 0.2) is 0 Å². The molecule has 0 atom stereocenters. The van der Waals surface area contributed by atoms with Crippen molar-refractivity contribution in [3.8, 4) is 0 Å². The summed E-state index contributed by atoms with van der Waals surface area (Å²) in [6.45, 7) is 1.71. The Morgan fingerprint density at radius 1 is 1.17 bits per heavy atom. The number of nitrogens with zero attached hydrogens (tertiary/aromatic N) is 1. The molecule has 1 aromatic carbocycles. The highest BCUT2D eigenvalue weighted by Crippen LogP contribution is 2.28. The first-order chi connectivity index (χ1) is 11.1. The van der Waals surface area contributed by atoms with E-state index in [9.17, 15) is 9.90 Å². The Labute approximate surface area is 138 Å².